The van der Waals surface area contributed by atoms with E-state index in [0.717, 1.165) is 12.1 Å². The van der Waals surface area contributed by atoms with Crippen molar-refractivity contribution in [1.29, 1.82) is 0 Å². The number of nitrogens with one attached hydrogen (secondary N) is 1. The van der Waals surface area contributed by atoms with Gasteiger partial charge in [0.25, 0.3) is 0 Å². The van der Waals surface area contributed by atoms with Gasteiger partial charge in [-0.25, -0.2) is 0 Å². The predicted octanol–water partition coefficient (Wildman–Crippen LogP) is 4.99. The van der Waals surface area contributed by atoms with Gasteiger partial charge >= 0.3 is 0 Å². The molecule has 0 amide bonds. The van der Waals surface area contributed by atoms with Gasteiger partial charge in [0.15, 0.2) is 0 Å². The lowest BCUT2D eigenvalue weighted by Gasteiger charge is -2.04. The lowest BCUT2D eigenvalue weighted by Crippen LogP contribution is -1.90. The summed E-state index contributed by atoms with van der Waals surface area (Å²) in [7, 11) is 1.93. The number of anilines is 1. The molecular formula is C17H25N. The molecule has 0 atom stereocenters. The van der Waals surface area contributed by atoms with E-state index in [2.05, 4.69) is 48.3 Å². The highest BCUT2D eigenvalue weighted by Gasteiger charge is 1.96. The fraction of sp³-hybridized carbons (Fsp3) is 0.294. The predicted molar refractivity (Wildman–Crippen MR) is 84.1 cm³/mol. The van der Waals surface area contributed by atoms with Crippen LogP contribution in [0.1, 0.15) is 26.3 Å². The van der Waals surface area contributed by atoms with Crippen LogP contribution in [0.3, 0.4) is 0 Å². The zero-order valence-corrected chi connectivity index (χ0v) is 12.0. The summed E-state index contributed by atoms with van der Waals surface area (Å²) in [5, 5.41) is 3.11. The van der Waals surface area contributed by atoms with E-state index in [1.807, 2.05) is 40.0 Å². The number of rotatable bonds is 5. The van der Waals surface area contributed by atoms with Gasteiger partial charge in [0.05, 0.1) is 0 Å². The highest BCUT2D eigenvalue weighted by Crippen LogP contribution is 2.13. The Morgan fingerprint density at radius 3 is 2.28 bits per heavy atom. The highest BCUT2D eigenvalue weighted by atomic mass is 14.8. The summed E-state index contributed by atoms with van der Waals surface area (Å²) in [6.07, 6.45) is 8.99. The van der Waals surface area contributed by atoms with E-state index in [4.69, 9.17) is 0 Å². The third-order valence-electron chi connectivity index (χ3n) is 2.36. The van der Waals surface area contributed by atoms with Crippen LogP contribution in [0.5, 0.6) is 0 Å². The first-order chi connectivity index (χ1) is 8.80. The monoisotopic (exact) mass is 243 g/mol. The summed E-state index contributed by atoms with van der Waals surface area (Å²) in [6.45, 7) is 9.76. The van der Waals surface area contributed by atoms with E-state index in [1.165, 1.54) is 11.1 Å². The maximum Gasteiger partial charge on any atom is 0.0337 e. The molecule has 0 unspecified atom stereocenters. The second-order valence-electron chi connectivity index (χ2n) is 3.60. The molecule has 0 spiro atoms. The van der Waals surface area contributed by atoms with Crippen LogP contribution in [0, 0.1) is 0 Å². The Kier molecular flexibility index (Phi) is 9.38. The average molecular weight is 243 g/mol. The van der Waals surface area contributed by atoms with Gasteiger partial charge in [-0.05, 0) is 36.6 Å². The molecule has 0 saturated heterocycles. The minimum Gasteiger partial charge on any atom is -0.388 e. The van der Waals surface area contributed by atoms with Gasteiger partial charge in [0.1, 0.15) is 0 Å². The summed E-state index contributed by atoms with van der Waals surface area (Å²) < 4.78 is 0. The van der Waals surface area contributed by atoms with Crippen LogP contribution in [0.4, 0.5) is 5.69 Å². The highest BCUT2D eigenvalue weighted by molar-refractivity contribution is 5.45. The molecule has 0 bridgehead atoms. The van der Waals surface area contributed by atoms with Crippen molar-refractivity contribution in [2.75, 3.05) is 12.4 Å². The van der Waals surface area contributed by atoms with Gasteiger partial charge in [-0.3, -0.25) is 0 Å². The van der Waals surface area contributed by atoms with Crippen LogP contribution >= 0.6 is 0 Å². The Hall–Kier alpha value is -1.76. The normalized spacial score (nSPS) is 10.8. The lowest BCUT2D eigenvalue weighted by atomic mass is 10.0. The van der Waals surface area contributed by atoms with E-state index in [1.54, 1.807) is 0 Å². The van der Waals surface area contributed by atoms with Crippen LogP contribution in [0.2, 0.25) is 0 Å². The molecule has 1 nitrogen and oxygen atoms in total. The third kappa shape index (κ3) is 6.09. The first-order valence-electron chi connectivity index (χ1n) is 6.51. The molecule has 0 aromatic heterocycles. The van der Waals surface area contributed by atoms with Crippen molar-refractivity contribution in [1.82, 2.24) is 0 Å². The van der Waals surface area contributed by atoms with E-state index < -0.39 is 0 Å². The van der Waals surface area contributed by atoms with Crippen LogP contribution in [0.25, 0.3) is 0 Å². The molecule has 1 N–H and O–H groups in total. The topological polar surface area (TPSA) is 12.0 Å². The molecular weight excluding hydrogens is 218 g/mol. The Morgan fingerprint density at radius 2 is 1.83 bits per heavy atom. The maximum absolute atomic E-state index is 3.73. The van der Waals surface area contributed by atoms with Crippen molar-refractivity contribution in [3.05, 3.63) is 66.3 Å². The SMILES string of the molecule is C=C/C=C(\C=C/C)Cc1ccc(NC)cc1.CC. The minimum absolute atomic E-state index is 0.945. The Labute approximate surface area is 112 Å². The summed E-state index contributed by atoms with van der Waals surface area (Å²) in [4.78, 5) is 0. The molecule has 1 aromatic carbocycles. The Balaban J connectivity index is 0.00000137. The molecule has 0 saturated carbocycles. The van der Waals surface area contributed by atoms with Crippen LogP contribution in [-0.4, -0.2) is 7.05 Å². The third-order valence-corrected chi connectivity index (χ3v) is 2.36. The molecule has 98 valence electrons. The first kappa shape index (κ1) is 16.2. The largest absolute Gasteiger partial charge is 0.388 e. The van der Waals surface area contributed by atoms with Gasteiger partial charge < -0.3 is 5.32 Å². The molecule has 1 rings (SSSR count). The Morgan fingerprint density at radius 1 is 1.22 bits per heavy atom. The van der Waals surface area contributed by atoms with Gasteiger partial charge in [-0.15, -0.1) is 0 Å². The van der Waals surface area contributed by atoms with E-state index >= 15 is 0 Å². The van der Waals surface area contributed by atoms with E-state index in [9.17, 15) is 0 Å². The molecule has 1 aromatic rings. The van der Waals surface area contributed by atoms with Gasteiger partial charge in [0.2, 0.25) is 0 Å². The molecule has 0 heterocycles. The second kappa shape index (κ2) is 10.4. The van der Waals surface area contributed by atoms with Crippen LogP contribution in [-0.2, 0) is 6.42 Å². The number of hydrogen-bond acceptors (Lipinski definition) is 1. The lowest BCUT2D eigenvalue weighted by molar-refractivity contribution is 1.19. The van der Waals surface area contributed by atoms with E-state index in [0.29, 0.717) is 0 Å². The minimum atomic E-state index is 0.945. The summed E-state index contributed by atoms with van der Waals surface area (Å²) in [5.74, 6) is 0. The average Bonchev–Trinajstić information content (AvgIpc) is 2.42. The fourth-order valence-electron chi connectivity index (χ4n) is 1.56. The molecule has 18 heavy (non-hydrogen) atoms. The van der Waals surface area contributed by atoms with Crippen molar-refractivity contribution in [3.8, 4) is 0 Å². The van der Waals surface area contributed by atoms with Crippen molar-refractivity contribution in [3.63, 3.8) is 0 Å². The molecule has 0 aliphatic carbocycles. The molecule has 1 heteroatoms. The Bertz CT molecular complexity index is 383. The van der Waals surface area contributed by atoms with Gasteiger partial charge in [-0.1, -0.05) is 56.9 Å². The van der Waals surface area contributed by atoms with Crippen molar-refractivity contribution in [2.24, 2.45) is 0 Å². The molecule has 0 fully saturated rings. The van der Waals surface area contributed by atoms with Crippen molar-refractivity contribution < 1.29 is 0 Å². The zero-order chi connectivity index (χ0) is 13.8. The maximum atomic E-state index is 3.73. The summed E-state index contributed by atoms with van der Waals surface area (Å²) in [5.41, 5.74) is 3.73. The van der Waals surface area contributed by atoms with Crippen LogP contribution in [0.15, 0.2) is 60.7 Å². The van der Waals surface area contributed by atoms with Crippen LogP contribution < -0.4 is 5.32 Å². The number of benzene rings is 1. The quantitative estimate of drug-likeness (QED) is 0.719. The van der Waals surface area contributed by atoms with Gasteiger partial charge in [-0.2, -0.15) is 0 Å². The molecule has 0 aliphatic heterocycles. The first-order valence-corrected chi connectivity index (χ1v) is 6.51. The second-order valence-corrected chi connectivity index (χ2v) is 3.60. The van der Waals surface area contributed by atoms with Gasteiger partial charge in [0, 0.05) is 12.7 Å². The molecule has 0 aliphatic rings. The standard InChI is InChI=1S/C15H19N.C2H6/c1-4-6-13(7-5-2)12-14-8-10-15(16-3)11-9-14;1-2/h4-11,16H,1,12H2,2-3H3;1-2H3/b7-5-,13-6+;. The summed E-state index contributed by atoms with van der Waals surface area (Å²) >= 11 is 0. The smallest absolute Gasteiger partial charge is 0.0337 e. The summed E-state index contributed by atoms with van der Waals surface area (Å²) in [6, 6.07) is 8.48. The fourth-order valence-corrected chi connectivity index (χ4v) is 1.56. The van der Waals surface area contributed by atoms with Crippen molar-refractivity contribution in [2.45, 2.75) is 27.2 Å². The van der Waals surface area contributed by atoms with Crippen molar-refractivity contribution >= 4 is 5.69 Å². The number of allylic oxidation sites excluding steroid dienone is 5. The number of hydrogen-bond donors (Lipinski definition) is 1. The molecule has 0 radical (unpaired) electrons. The zero-order valence-electron chi connectivity index (χ0n) is 12.0. The van der Waals surface area contributed by atoms with E-state index in [-0.39, 0.29) is 0 Å².